The zero-order valence-electron chi connectivity index (χ0n) is 11.1. The first-order valence-corrected chi connectivity index (χ1v) is 6.74. The normalized spacial score (nSPS) is 10.2. The number of ether oxygens (including phenoxy) is 2. The van der Waals surface area contributed by atoms with Crippen LogP contribution < -0.4 is 9.47 Å². The van der Waals surface area contributed by atoms with E-state index in [9.17, 15) is 15.2 Å². The number of hydrogen-bond donors (Lipinski definition) is 1. The summed E-state index contributed by atoms with van der Waals surface area (Å²) in [4.78, 5) is 10.3. The second kappa shape index (κ2) is 6.55. The van der Waals surface area contributed by atoms with Gasteiger partial charge in [-0.2, -0.15) is 0 Å². The molecule has 2 aromatic carbocycles. The number of rotatable bonds is 5. The lowest BCUT2D eigenvalue weighted by Gasteiger charge is -2.13. The van der Waals surface area contributed by atoms with Gasteiger partial charge in [0.25, 0.3) is 5.69 Å². The molecule has 2 aromatic rings. The molecular formula is C14H12BrNO5. The number of aliphatic hydroxyl groups excluding tert-OH is 1. The van der Waals surface area contributed by atoms with Crippen LogP contribution in [-0.4, -0.2) is 17.1 Å². The van der Waals surface area contributed by atoms with E-state index in [1.165, 1.54) is 25.3 Å². The topological polar surface area (TPSA) is 81.8 Å². The van der Waals surface area contributed by atoms with Crippen molar-refractivity contribution in [3.8, 4) is 17.2 Å². The van der Waals surface area contributed by atoms with Crippen LogP contribution in [0.3, 0.4) is 0 Å². The molecule has 110 valence electrons. The Hall–Kier alpha value is -2.12. The van der Waals surface area contributed by atoms with E-state index in [1.807, 2.05) is 0 Å². The Balaban J connectivity index is 2.44. The summed E-state index contributed by atoms with van der Waals surface area (Å²) < 4.78 is 11.6. The van der Waals surface area contributed by atoms with Crippen LogP contribution in [0, 0.1) is 10.1 Å². The van der Waals surface area contributed by atoms with E-state index in [0.29, 0.717) is 17.1 Å². The van der Waals surface area contributed by atoms with E-state index in [1.54, 1.807) is 18.2 Å². The minimum atomic E-state index is -0.514. The summed E-state index contributed by atoms with van der Waals surface area (Å²) in [6.45, 7) is -0.208. The summed E-state index contributed by atoms with van der Waals surface area (Å²) in [5.41, 5.74) is 0.457. The van der Waals surface area contributed by atoms with Crippen molar-refractivity contribution in [3.63, 3.8) is 0 Å². The van der Waals surface area contributed by atoms with E-state index < -0.39 is 4.92 Å². The van der Waals surface area contributed by atoms with Crippen molar-refractivity contribution in [2.24, 2.45) is 0 Å². The second-order valence-corrected chi connectivity index (χ2v) is 5.02. The van der Waals surface area contributed by atoms with Crippen molar-refractivity contribution in [2.45, 2.75) is 6.61 Å². The predicted molar refractivity (Wildman–Crippen MR) is 79.8 cm³/mol. The summed E-state index contributed by atoms with van der Waals surface area (Å²) in [6.07, 6.45) is 0. The maximum absolute atomic E-state index is 10.8. The van der Waals surface area contributed by atoms with Gasteiger partial charge in [0, 0.05) is 16.1 Å². The largest absolute Gasteiger partial charge is 0.493 e. The van der Waals surface area contributed by atoms with Crippen LogP contribution >= 0.6 is 15.9 Å². The van der Waals surface area contributed by atoms with Crippen molar-refractivity contribution < 1.29 is 19.5 Å². The molecule has 6 nitrogen and oxygen atoms in total. The Morgan fingerprint density at radius 1 is 1.19 bits per heavy atom. The fraction of sp³-hybridized carbons (Fsp3) is 0.143. The number of nitro benzene ring substituents is 1. The number of hydrogen-bond acceptors (Lipinski definition) is 5. The Bertz CT molecular complexity index is 674. The number of halogens is 1. The highest BCUT2D eigenvalue weighted by molar-refractivity contribution is 9.10. The van der Waals surface area contributed by atoms with Gasteiger partial charge in [-0.25, -0.2) is 0 Å². The van der Waals surface area contributed by atoms with Crippen molar-refractivity contribution >= 4 is 21.6 Å². The van der Waals surface area contributed by atoms with Crippen molar-refractivity contribution in [2.75, 3.05) is 7.11 Å². The SMILES string of the molecule is COc1ccc([N+](=O)[O-])cc1Oc1cc(Br)ccc1CO. The molecule has 0 amide bonds. The Kier molecular flexibility index (Phi) is 4.77. The van der Waals surface area contributed by atoms with Gasteiger partial charge in [-0.1, -0.05) is 22.0 Å². The summed E-state index contributed by atoms with van der Waals surface area (Å²) in [6, 6.07) is 9.21. The standard InChI is InChI=1S/C14H12BrNO5/c1-20-12-5-4-11(16(18)19)7-14(12)21-13-6-10(15)3-2-9(13)8-17/h2-7,17H,8H2,1H3. The predicted octanol–water partition coefficient (Wildman–Crippen LogP) is 3.65. The highest BCUT2D eigenvalue weighted by Gasteiger charge is 2.15. The molecule has 0 aromatic heterocycles. The van der Waals surface area contributed by atoms with Gasteiger partial charge >= 0.3 is 0 Å². The molecule has 0 spiro atoms. The van der Waals surface area contributed by atoms with Crippen molar-refractivity contribution in [1.29, 1.82) is 0 Å². The molecule has 7 heteroatoms. The van der Waals surface area contributed by atoms with Crippen LogP contribution in [0.4, 0.5) is 5.69 Å². The molecule has 0 fully saturated rings. The number of aliphatic hydroxyl groups is 1. The zero-order valence-corrected chi connectivity index (χ0v) is 12.7. The monoisotopic (exact) mass is 353 g/mol. The minimum Gasteiger partial charge on any atom is -0.493 e. The first-order chi connectivity index (χ1) is 10.0. The van der Waals surface area contributed by atoms with E-state index in [4.69, 9.17) is 9.47 Å². The maximum atomic E-state index is 10.8. The number of non-ortho nitro benzene ring substituents is 1. The Labute approximate surface area is 129 Å². The third kappa shape index (κ3) is 3.50. The zero-order chi connectivity index (χ0) is 15.4. The lowest BCUT2D eigenvalue weighted by Crippen LogP contribution is -1.96. The highest BCUT2D eigenvalue weighted by Crippen LogP contribution is 2.36. The first-order valence-electron chi connectivity index (χ1n) is 5.94. The number of methoxy groups -OCH3 is 1. The quantitative estimate of drug-likeness (QED) is 0.655. The minimum absolute atomic E-state index is 0.105. The molecule has 0 radical (unpaired) electrons. The molecule has 0 aliphatic carbocycles. The summed E-state index contributed by atoms with van der Waals surface area (Å²) in [5.74, 6) is 0.967. The van der Waals surface area contributed by atoms with Gasteiger partial charge in [0.1, 0.15) is 5.75 Å². The third-order valence-electron chi connectivity index (χ3n) is 2.78. The molecule has 0 aliphatic heterocycles. The molecule has 0 saturated carbocycles. The highest BCUT2D eigenvalue weighted by atomic mass is 79.9. The van der Waals surface area contributed by atoms with Crippen LogP contribution in [-0.2, 0) is 6.61 Å². The van der Waals surface area contributed by atoms with Gasteiger partial charge in [0.2, 0.25) is 0 Å². The fourth-order valence-electron chi connectivity index (χ4n) is 1.73. The van der Waals surface area contributed by atoms with Crippen LogP contribution in [0.5, 0.6) is 17.2 Å². The van der Waals surface area contributed by atoms with Gasteiger partial charge in [-0.05, 0) is 18.2 Å². The van der Waals surface area contributed by atoms with E-state index in [2.05, 4.69) is 15.9 Å². The Morgan fingerprint density at radius 2 is 1.95 bits per heavy atom. The van der Waals surface area contributed by atoms with Gasteiger partial charge in [0.15, 0.2) is 11.5 Å². The van der Waals surface area contributed by atoms with Crippen LogP contribution in [0.15, 0.2) is 40.9 Å². The molecule has 0 bridgehead atoms. The molecule has 21 heavy (non-hydrogen) atoms. The second-order valence-electron chi connectivity index (χ2n) is 4.10. The lowest BCUT2D eigenvalue weighted by atomic mass is 10.2. The molecule has 1 N–H and O–H groups in total. The van der Waals surface area contributed by atoms with E-state index >= 15 is 0 Å². The Morgan fingerprint density at radius 3 is 2.57 bits per heavy atom. The molecule has 0 unspecified atom stereocenters. The van der Waals surface area contributed by atoms with Gasteiger partial charge in [0.05, 0.1) is 24.7 Å². The molecular weight excluding hydrogens is 342 g/mol. The average Bonchev–Trinajstić information content (AvgIpc) is 2.47. The summed E-state index contributed by atoms with van der Waals surface area (Å²) in [7, 11) is 1.45. The van der Waals surface area contributed by atoms with Crippen LogP contribution in [0.1, 0.15) is 5.56 Å². The first kappa shape index (κ1) is 15.3. The fourth-order valence-corrected chi connectivity index (χ4v) is 2.07. The van der Waals surface area contributed by atoms with Gasteiger partial charge < -0.3 is 14.6 Å². The molecule has 0 atom stereocenters. The maximum Gasteiger partial charge on any atom is 0.273 e. The van der Waals surface area contributed by atoms with Gasteiger partial charge in [-0.3, -0.25) is 10.1 Å². The third-order valence-corrected chi connectivity index (χ3v) is 3.27. The smallest absolute Gasteiger partial charge is 0.273 e. The van der Waals surface area contributed by atoms with Gasteiger partial charge in [-0.15, -0.1) is 0 Å². The van der Waals surface area contributed by atoms with Crippen molar-refractivity contribution in [3.05, 3.63) is 56.5 Å². The van der Waals surface area contributed by atoms with Crippen LogP contribution in [0.25, 0.3) is 0 Å². The number of nitrogens with zero attached hydrogens (tertiary/aromatic N) is 1. The lowest BCUT2D eigenvalue weighted by molar-refractivity contribution is -0.384. The number of nitro groups is 1. The van der Waals surface area contributed by atoms with Crippen molar-refractivity contribution in [1.82, 2.24) is 0 Å². The van der Waals surface area contributed by atoms with E-state index in [0.717, 1.165) is 4.47 Å². The molecule has 0 heterocycles. The summed E-state index contributed by atoms with van der Waals surface area (Å²) in [5, 5.41) is 20.2. The average molecular weight is 354 g/mol. The molecule has 0 aliphatic rings. The molecule has 2 rings (SSSR count). The van der Waals surface area contributed by atoms with Crippen LogP contribution in [0.2, 0.25) is 0 Å². The molecule has 0 saturated heterocycles. The summed E-state index contributed by atoms with van der Waals surface area (Å²) >= 11 is 3.31. The number of benzene rings is 2. The van der Waals surface area contributed by atoms with E-state index in [-0.39, 0.29) is 18.0 Å².